The number of imidazole rings is 1. The molecule has 8 nitrogen and oxygen atoms in total. The number of benzene rings is 3. The van der Waals surface area contributed by atoms with E-state index < -0.39 is 5.97 Å². The molecule has 0 saturated heterocycles. The van der Waals surface area contributed by atoms with E-state index in [-0.39, 0.29) is 28.7 Å². The monoisotopic (exact) mass is 648 g/mol. The Balaban J connectivity index is 1.48. The molecule has 0 aliphatic heterocycles. The number of fused-ring (bicyclic) bond motifs is 1. The van der Waals surface area contributed by atoms with E-state index in [1.165, 1.54) is 0 Å². The molecule has 2 N–H and O–H groups in total. The zero-order valence-corrected chi connectivity index (χ0v) is 28.0. The maximum absolute atomic E-state index is 13.9. The van der Waals surface area contributed by atoms with Crippen molar-refractivity contribution in [1.29, 1.82) is 0 Å². The Morgan fingerprint density at radius 1 is 1.02 bits per heavy atom. The Bertz CT molecular complexity index is 1870. The number of carbonyl (C=O) groups excluding carboxylic acids is 2. The molecule has 0 bridgehead atoms. The van der Waals surface area contributed by atoms with Crippen LogP contribution in [0.1, 0.15) is 82.2 Å². The Labute approximate surface area is 279 Å². The number of aryl methyl sites for hydroxylation is 2. The Kier molecular flexibility index (Phi) is 10.9. The van der Waals surface area contributed by atoms with Crippen LogP contribution in [0.5, 0.6) is 0 Å². The van der Waals surface area contributed by atoms with Gasteiger partial charge < -0.3 is 15.0 Å². The quantitative estimate of drug-likeness (QED) is 0.118. The molecule has 2 unspecified atom stereocenters. The zero-order chi connectivity index (χ0) is 33.5. The van der Waals surface area contributed by atoms with Crippen molar-refractivity contribution in [1.82, 2.24) is 19.9 Å². The molecule has 0 aliphatic rings. The van der Waals surface area contributed by atoms with Crippen LogP contribution in [0, 0.1) is 12.8 Å². The van der Waals surface area contributed by atoms with Crippen molar-refractivity contribution in [3.05, 3.63) is 119 Å². The lowest BCUT2D eigenvalue weighted by Gasteiger charge is -2.27. The largest absolute Gasteiger partial charge is 0.478 e. The minimum Gasteiger partial charge on any atom is -0.478 e. The Hall–Kier alpha value is -4.76. The normalized spacial score (nSPS) is 12.6. The Morgan fingerprint density at radius 2 is 1.77 bits per heavy atom. The first-order chi connectivity index (χ1) is 22.7. The molecule has 5 aromatic rings. The standard InChI is InChI=1S/C38H40N4O4S/c1-5-10-34-41-35-25(4)20-28(37(44)40-32(19-24(2)3)36(47-23-43)31-13-8-9-18-39-31)21-33(35)42(34)22-26-14-16-27(17-15-26)29-11-6-7-12-30(29)38(45)46/h6-9,11-18,20-21,23-24,32,36H,5,10,19,22H2,1-4H3,(H,40,44)(H,45,46). The van der Waals surface area contributed by atoms with Crippen molar-refractivity contribution in [3.63, 3.8) is 0 Å². The second kappa shape index (κ2) is 15.2. The highest BCUT2D eigenvalue weighted by molar-refractivity contribution is 8.12. The summed E-state index contributed by atoms with van der Waals surface area (Å²) in [5.41, 5.74) is 7.55. The number of pyridine rings is 1. The fourth-order valence-corrected chi connectivity index (χ4v) is 6.82. The summed E-state index contributed by atoms with van der Waals surface area (Å²) in [7, 11) is 0. The lowest BCUT2D eigenvalue weighted by atomic mass is 9.98. The third-order valence-corrected chi connectivity index (χ3v) is 9.19. The van der Waals surface area contributed by atoms with Gasteiger partial charge >= 0.3 is 5.97 Å². The summed E-state index contributed by atoms with van der Waals surface area (Å²) in [6.45, 7) is 8.84. The van der Waals surface area contributed by atoms with Crippen LogP contribution in [0.2, 0.25) is 0 Å². The van der Waals surface area contributed by atoms with Crippen LogP contribution in [0.4, 0.5) is 0 Å². The van der Waals surface area contributed by atoms with Gasteiger partial charge in [-0.25, -0.2) is 9.78 Å². The molecular formula is C38H40N4O4S. The minimum atomic E-state index is -0.959. The molecule has 0 saturated carbocycles. The first kappa shape index (κ1) is 33.6. The number of rotatable bonds is 14. The van der Waals surface area contributed by atoms with Crippen LogP contribution in [-0.4, -0.2) is 43.2 Å². The first-order valence-electron chi connectivity index (χ1n) is 15.9. The summed E-state index contributed by atoms with van der Waals surface area (Å²) in [6.07, 6.45) is 4.09. The second-order valence-corrected chi connectivity index (χ2v) is 13.2. The zero-order valence-electron chi connectivity index (χ0n) is 27.1. The minimum absolute atomic E-state index is 0.209. The summed E-state index contributed by atoms with van der Waals surface area (Å²) in [6, 6.07) is 24.0. The topological polar surface area (TPSA) is 114 Å². The van der Waals surface area contributed by atoms with Gasteiger partial charge in [-0.3, -0.25) is 14.6 Å². The van der Waals surface area contributed by atoms with Gasteiger partial charge in [0.25, 0.3) is 5.91 Å². The summed E-state index contributed by atoms with van der Waals surface area (Å²) in [5.74, 6) is 0.0577. The van der Waals surface area contributed by atoms with Gasteiger partial charge in [-0.1, -0.05) is 81.1 Å². The van der Waals surface area contributed by atoms with Gasteiger partial charge in [-0.05, 0) is 78.3 Å². The molecule has 2 aromatic heterocycles. The predicted octanol–water partition coefficient (Wildman–Crippen LogP) is 7.91. The highest BCUT2D eigenvalue weighted by Gasteiger charge is 2.28. The van der Waals surface area contributed by atoms with Crippen molar-refractivity contribution in [2.45, 2.75) is 64.8 Å². The first-order valence-corrected chi connectivity index (χ1v) is 16.9. The number of carboxylic acids is 1. The van der Waals surface area contributed by atoms with Crippen molar-refractivity contribution in [3.8, 4) is 11.1 Å². The van der Waals surface area contributed by atoms with Crippen molar-refractivity contribution in [2.24, 2.45) is 5.92 Å². The maximum Gasteiger partial charge on any atom is 0.336 e. The number of hydrogen-bond acceptors (Lipinski definition) is 6. The molecule has 3 aromatic carbocycles. The molecule has 1 amide bonds. The molecule has 242 valence electrons. The lowest BCUT2D eigenvalue weighted by Crippen LogP contribution is -2.39. The molecular weight excluding hydrogens is 609 g/mol. The molecule has 9 heteroatoms. The summed E-state index contributed by atoms with van der Waals surface area (Å²) < 4.78 is 2.17. The van der Waals surface area contributed by atoms with Gasteiger partial charge in [0.1, 0.15) is 5.82 Å². The third kappa shape index (κ3) is 7.80. The SMILES string of the molecule is CCCc1nc2c(C)cc(C(=O)NC(CC(C)C)C(SC=O)c3ccccn3)cc2n1Cc1ccc(-c2ccccc2C(=O)O)cc1. The van der Waals surface area contributed by atoms with E-state index >= 15 is 0 Å². The van der Waals surface area contributed by atoms with Gasteiger partial charge in [0, 0.05) is 30.8 Å². The summed E-state index contributed by atoms with van der Waals surface area (Å²) in [4.78, 5) is 46.9. The number of hydrogen-bond donors (Lipinski definition) is 2. The van der Waals surface area contributed by atoms with Gasteiger partial charge in [-0.15, -0.1) is 0 Å². The molecule has 2 atom stereocenters. The third-order valence-electron chi connectivity index (χ3n) is 8.21. The maximum atomic E-state index is 13.9. The van der Waals surface area contributed by atoms with Crippen LogP contribution in [0.25, 0.3) is 22.2 Å². The Morgan fingerprint density at radius 3 is 2.43 bits per heavy atom. The summed E-state index contributed by atoms with van der Waals surface area (Å²) >= 11 is 1.14. The number of thioether (sulfide) groups is 1. The number of amides is 1. The second-order valence-electron chi connectivity index (χ2n) is 12.2. The average Bonchev–Trinajstić information content (AvgIpc) is 3.41. The number of carbonyl (C=O) groups is 3. The highest BCUT2D eigenvalue weighted by atomic mass is 32.2. The van der Waals surface area contributed by atoms with Crippen LogP contribution >= 0.6 is 11.8 Å². The van der Waals surface area contributed by atoms with E-state index in [4.69, 9.17) is 4.98 Å². The van der Waals surface area contributed by atoms with Gasteiger partial charge in [0.15, 0.2) is 5.62 Å². The smallest absolute Gasteiger partial charge is 0.336 e. The number of nitrogens with one attached hydrogen (secondary N) is 1. The molecule has 0 aliphatic carbocycles. The van der Waals surface area contributed by atoms with Crippen molar-refractivity contribution in [2.75, 3.05) is 0 Å². The van der Waals surface area contributed by atoms with Crippen LogP contribution in [0.3, 0.4) is 0 Å². The van der Waals surface area contributed by atoms with Gasteiger partial charge in [-0.2, -0.15) is 0 Å². The van der Waals surface area contributed by atoms with E-state index in [1.807, 2.05) is 73.7 Å². The van der Waals surface area contributed by atoms with Gasteiger partial charge in [0.05, 0.1) is 27.5 Å². The van der Waals surface area contributed by atoms with Crippen molar-refractivity contribution >= 4 is 40.3 Å². The van der Waals surface area contributed by atoms with E-state index in [1.54, 1.807) is 18.3 Å². The summed E-state index contributed by atoms with van der Waals surface area (Å²) in [5, 5.41) is 12.6. The van der Waals surface area contributed by atoms with Crippen LogP contribution in [0.15, 0.2) is 85.1 Å². The van der Waals surface area contributed by atoms with Gasteiger partial charge in [0.2, 0.25) is 0 Å². The fourth-order valence-electron chi connectivity index (χ4n) is 6.05. The molecule has 5 rings (SSSR count). The molecule has 0 spiro atoms. The fraction of sp³-hybridized carbons (Fsp3) is 0.289. The average molecular weight is 649 g/mol. The van der Waals surface area contributed by atoms with Crippen LogP contribution in [-0.2, 0) is 17.8 Å². The van der Waals surface area contributed by atoms with E-state index in [0.29, 0.717) is 24.1 Å². The number of carboxylic acid groups (broad SMARTS) is 1. The van der Waals surface area contributed by atoms with Crippen molar-refractivity contribution < 1.29 is 19.5 Å². The van der Waals surface area contributed by atoms with E-state index in [2.05, 4.69) is 35.6 Å². The highest BCUT2D eigenvalue weighted by Crippen LogP contribution is 2.33. The number of aromatic nitrogens is 3. The predicted molar refractivity (Wildman–Crippen MR) is 188 cm³/mol. The molecule has 47 heavy (non-hydrogen) atoms. The molecule has 2 heterocycles. The number of nitrogens with zero attached hydrogens (tertiary/aromatic N) is 3. The molecule has 0 fully saturated rings. The van der Waals surface area contributed by atoms with Crippen LogP contribution < -0.4 is 5.32 Å². The number of aromatic carboxylic acids is 1. The van der Waals surface area contributed by atoms with E-state index in [0.717, 1.165) is 69.5 Å². The lowest BCUT2D eigenvalue weighted by molar-refractivity contribution is 0.0697. The molecule has 0 radical (unpaired) electrons. The van der Waals surface area contributed by atoms with E-state index in [9.17, 15) is 19.5 Å².